The minimum absolute atomic E-state index is 1.72. The lowest BCUT2D eigenvalue weighted by atomic mass is 11.6. The van der Waals surface area contributed by atoms with E-state index in [4.69, 9.17) is 0 Å². The second kappa shape index (κ2) is 4.07. The molecule has 0 N–H and O–H groups in total. The first-order valence-corrected chi connectivity index (χ1v) is 5.44. The van der Waals surface area contributed by atoms with Crippen molar-refractivity contribution in [3.8, 4) is 0 Å². The van der Waals surface area contributed by atoms with Crippen molar-refractivity contribution in [2.24, 2.45) is 0 Å². The van der Waals surface area contributed by atoms with Gasteiger partial charge >= 0.3 is 10.1 Å². The van der Waals surface area contributed by atoms with Crippen LogP contribution in [0, 0.1) is 0 Å². The van der Waals surface area contributed by atoms with Crippen LogP contribution in [0.3, 0.4) is 0 Å². The van der Waals surface area contributed by atoms with Crippen LogP contribution in [0.4, 0.5) is 8.92 Å². The zero-order valence-electron chi connectivity index (χ0n) is 5.44. The highest BCUT2D eigenvalue weighted by molar-refractivity contribution is 8.03. The van der Waals surface area contributed by atoms with Crippen molar-refractivity contribution in [3.05, 3.63) is 0 Å². The molecule has 0 aliphatic heterocycles. The second-order valence-corrected chi connectivity index (χ2v) is 5.06. The van der Waals surface area contributed by atoms with Gasteiger partial charge < -0.3 is 0 Å². The first kappa shape index (κ1) is 11.7. The normalized spacial score (nSPS) is 13.2. The van der Waals surface area contributed by atoms with E-state index in [9.17, 15) is 25.8 Å². The third-order valence-electron chi connectivity index (χ3n) is 0.609. The van der Waals surface area contributed by atoms with Crippen LogP contribution >= 0.6 is 0 Å². The van der Waals surface area contributed by atoms with Crippen LogP contribution in [0.5, 0.6) is 0 Å². The van der Waals surface area contributed by atoms with Crippen LogP contribution in [-0.4, -0.2) is 28.8 Å². The van der Waals surface area contributed by atoms with E-state index in [0.717, 1.165) is 0 Å². The van der Waals surface area contributed by atoms with E-state index in [1.54, 1.807) is 0 Å². The van der Waals surface area contributed by atoms with E-state index < -0.39 is 32.2 Å². The van der Waals surface area contributed by atoms with Gasteiger partial charge in [0.1, 0.15) is 0 Å². The maximum Gasteiger partial charge on any atom is 0.314 e. The van der Waals surface area contributed by atoms with Crippen LogP contribution in [0.25, 0.3) is 0 Å². The molecule has 12 heavy (non-hydrogen) atoms. The van der Waals surface area contributed by atoms with Crippen molar-refractivity contribution in [2.75, 3.05) is 11.9 Å². The van der Waals surface area contributed by atoms with Crippen molar-refractivity contribution in [3.63, 3.8) is 0 Å². The summed E-state index contributed by atoms with van der Waals surface area (Å²) in [6.07, 6.45) is 0. The molecule has 0 fully saturated rings. The third kappa shape index (κ3) is 4.54. The van der Waals surface area contributed by atoms with E-state index in [1.165, 1.54) is 0 Å². The summed E-state index contributed by atoms with van der Waals surface area (Å²) in [5.41, 5.74) is 0. The zero-order chi connectivity index (χ0) is 9.83. The Morgan fingerprint density at radius 1 is 1.08 bits per heavy atom. The van der Waals surface area contributed by atoms with Gasteiger partial charge in [0.15, 0.2) is 0 Å². The topological polar surface area (TPSA) is 86.7 Å². The predicted octanol–water partition coefficient (Wildman–Crippen LogP) is -0.552. The van der Waals surface area contributed by atoms with Crippen molar-refractivity contribution in [2.45, 2.75) is 0 Å². The summed E-state index contributed by atoms with van der Waals surface area (Å²) in [6, 6.07) is 0. The van der Waals surface area contributed by atoms with Gasteiger partial charge in [-0.25, -0.2) is 8.57 Å². The highest BCUT2D eigenvalue weighted by atomic mass is 32.3. The van der Waals surface area contributed by atoms with Gasteiger partial charge in [-0.2, -0.15) is 16.8 Å². The lowest BCUT2D eigenvalue weighted by Crippen LogP contribution is -2.18. The summed E-state index contributed by atoms with van der Waals surface area (Å²) in [5.74, 6) is 0. The third-order valence-corrected chi connectivity index (χ3v) is 3.56. The first-order valence-electron chi connectivity index (χ1n) is 2.29. The number of alkyl halides is 1. The van der Waals surface area contributed by atoms with Crippen LogP contribution in [0.2, 0.25) is 0 Å². The van der Waals surface area contributed by atoms with Gasteiger partial charge in [0.05, 0.1) is 0 Å². The van der Waals surface area contributed by atoms with Gasteiger partial charge in [-0.1, -0.05) is 4.39 Å². The molecule has 74 valence electrons. The standard InChI is InChI=1S/C2H4F2O6S2/c3-1-9-11(5,6)2-12(7,8)10-4/h1-2H2. The molecule has 0 amide bonds. The SMILES string of the molecule is O=S(=O)(CS(=O)(=O)OCF)OF. The molecular weight excluding hydrogens is 222 g/mol. The van der Waals surface area contributed by atoms with Crippen LogP contribution < -0.4 is 0 Å². The van der Waals surface area contributed by atoms with Gasteiger partial charge in [-0.3, -0.25) is 0 Å². The Morgan fingerprint density at radius 3 is 1.92 bits per heavy atom. The van der Waals surface area contributed by atoms with E-state index >= 15 is 0 Å². The smallest absolute Gasteiger partial charge is 0.235 e. The molecule has 0 saturated carbocycles. The Morgan fingerprint density at radius 2 is 1.58 bits per heavy atom. The molecule has 0 atom stereocenters. The van der Waals surface area contributed by atoms with Crippen molar-refractivity contribution >= 4 is 20.2 Å². The monoisotopic (exact) mass is 226 g/mol. The molecule has 0 rings (SSSR count). The predicted molar refractivity (Wildman–Crippen MR) is 32.0 cm³/mol. The van der Waals surface area contributed by atoms with Crippen LogP contribution in [0.1, 0.15) is 0 Å². The van der Waals surface area contributed by atoms with Gasteiger partial charge in [-0.15, -0.1) is 0 Å². The zero-order valence-corrected chi connectivity index (χ0v) is 7.07. The quantitative estimate of drug-likeness (QED) is 0.584. The Labute approximate surface area is 67.2 Å². The molecule has 0 saturated heterocycles. The maximum absolute atomic E-state index is 11.2. The first-order chi connectivity index (χ1) is 5.33. The van der Waals surface area contributed by atoms with E-state index in [0.29, 0.717) is 0 Å². The average molecular weight is 226 g/mol. The summed E-state index contributed by atoms with van der Waals surface area (Å²) < 4.78 is 68.8. The molecule has 0 aromatic heterocycles. The Kier molecular flexibility index (Phi) is 3.96. The lowest BCUT2D eigenvalue weighted by Gasteiger charge is -1.98. The number of hydrogen-bond donors (Lipinski definition) is 0. The molecule has 6 nitrogen and oxygen atoms in total. The van der Waals surface area contributed by atoms with Crippen molar-refractivity contribution in [1.29, 1.82) is 0 Å². The largest absolute Gasteiger partial charge is 0.314 e. The van der Waals surface area contributed by atoms with Gasteiger partial charge in [0, 0.05) is 0 Å². The Hall–Kier alpha value is -0.320. The minimum Gasteiger partial charge on any atom is -0.235 e. The summed E-state index contributed by atoms with van der Waals surface area (Å²) in [6.45, 7) is -1.72. The van der Waals surface area contributed by atoms with Gasteiger partial charge in [0.2, 0.25) is 11.9 Å². The highest BCUT2D eigenvalue weighted by Crippen LogP contribution is 2.02. The fraction of sp³-hybridized carbons (Fsp3) is 1.00. The van der Waals surface area contributed by atoms with Gasteiger partial charge in [0.25, 0.3) is 10.1 Å². The molecule has 0 bridgehead atoms. The van der Waals surface area contributed by atoms with Crippen LogP contribution in [0.15, 0.2) is 0 Å². The molecule has 0 aromatic carbocycles. The number of rotatable bonds is 5. The Balaban J connectivity index is 4.47. The molecule has 0 unspecified atom stereocenters. The fourth-order valence-electron chi connectivity index (χ4n) is 0.297. The second-order valence-electron chi connectivity index (χ2n) is 1.52. The van der Waals surface area contributed by atoms with E-state index in [1.807, 2.05) is 0 Å². The molecule has 0 aliphatic carbocycles. The highest BCUT2D eigenvalue weighted by Gasteiger charge is 2.24. The molecular formula is C2H4F2O6S2. The van der Waals surface area contributed by atoms with Crippen LogP contribution in [-0.2, 0) is 28.8 Å². The maximum atomic E-state index is 11.2. The summed E-state index contributed by atoms with van der Waals surface area (Å²) in [7, 11) is -9.48. The molecule has 0 spiro atoms. The molecule has 10 heteroatoms. The summed E-state index contributed by atoms with van der Waals surface area (Å²) in [5, 5.41) is -1.76. The number of halogens is 2. The Bertz CT molecular complexity index is 315. The molecule has 0 radical (unpaired) electrons. The summed E-state index contributed by atoms with van der Waals surface area (Å²) >= 11 is 0. The van der Waals surface area contributed by atoms with Crippen molar-refractivity contribution in [1.82, 2.24) is 0 Å². The van der Waals surface area contributed by atoms with Crippen molar-refractivity contribution < 1.29 is 34.3 Å². The van der Waals surface area contributed by atoms with Gasteiger partial charge in [-0.05, 0) is 4.53 Å². The lowest BCUT2D eigenvalue weighted by molar-refractivity contribution is 0.00366. The average Bonchev–Trinajstić information content (AvgIpc) is 1.85. The van der Waals surface area contributed by atoms with E-state index in [-0.39, 0.29) is 0 Å². The minimum atomic E-state index is -4.85. The molecule has 0 heterocycles. The molecule has 0 aromatic rings. The fourth-order valence-corrected chi connectivity index (χ4v) is 2.26. The summed E-state index contributed by atoms with van der Waals surface area (Å²) in [4.78, 5) is 0. The molecule has 0 aliphatic rings. The number of hydrogen-bond acceptors (Lipinski definition) is 6. The van der Waals surface area contributed by atoms with E-state index in [2.05, 4.69) is 8.57 Å².